The second kappa shape index (κ2) is 6.67. The van der Waals surface area contributed by atoms with Gasteiger partial charge in [-0.25, -0.2) is 0 Å². The van der Waals surface area contributed by atoms with E-state index in [0.29, 0.717) is 25.9 Å². The molecular formula is C19H26N4O2. The van der Waals surface area contributed by atoms with Crippen LogP contribution in [-0.4, -0.2) is 40.1 Å². The summed E-state index contributed by atoms with van der Waals surface area (Å²) in [4.78, 5) is 14.5. The summed E-state index contributed by atoms with van der Waals surface area (Å²) in [5, 5.41) is 7.59. The molecule has 1 amide bonds. The molecule has 0 saturated carbocycles. The highest BCUT2D eigenvalue weighted by molar-refractivity contribution is 5.77. The van der Waals surface area contributed by atoms with Crippen molar-refractivity contribution in [3.8, 4) is 0 Å². The highest BCUT2D eigenvalue weighted by Gasteiger charge is 2.35. The number of aromatic nitrogens is 2. The number of nitrogens with one attached hydrogen (secondary N) is 1. The van der Waals surface area contributed by atoms with Crippen LogP contribution < -0.4 is 5.73 Å². The summed E-state index contributed by atoms with van der Waals surface area (Å²) in [5.41, 5.74) is 9.95. The zero-order valence-electron chi connectivity index (χ0n) is 14.8. The third kappa shape index (κ3) is 3.23. The quantitative estimate of drug-likeness (QED) is 0.890. The SMILES string of the molecule is Cc1ccc([C@@H]2CN(C(=O)CCc3n[nH]c4c3CCCC4)C[C@H]2N)o1. The second-order valence-electron chi connectivity index (χ2n) is 7.35. The van der Waals surface area contributed by atoms with Crippen molar-refractivity contribution in [3.63, 3.8) is 0 Å². The number of aryl methyl sites for hydroxylation is 3. The summed E-state index contributed by atoms with van der Waals surface area (Å²) in [7, 11) is 0. The minimum absolute atomic E-state index is 0.0624. The van der Waals surface area contributed by atoms with Gasteiger partial charge in [-0.15, -0.1) is 0 Å². The maximum atomic E-state index is 12.6. The van der Waals surface area contributed by atoms with Crippen LogP contribution in [0.2, 0.25) is 0 Å². The lowest BCUT2D eigenvalue weighted by Crippen LogP contribution is -2.32. The van der Waals surface area contributed by atoms with Crippen molar-refractivity contribution < 1.29 is 9.21 Å². The Hall–Kier alpha value is -2.08. The minimum Gasteiger partial charge on any atom is -0.466 e. The number of carbonyl (C=O) groups excluding carboxylic acids is 1. The fraction of sp³-hybridized carbons (Fsp3) is 0.579. The standard InChI is InChI=1S/C19H26N4O2/c1-12-6-8-18(25-12)14-10-23(11-15(14)20)19(24)9-7-17-13-4-2-3-5-16(13)21-22-17/h6,8,14-15H,2-5,7,9-11,20H2,1H3,(H,21,22)/t14-,15-/m1/s1. The fourth-order valence-electron chi connectivity index (χ4n) is 4.13. The fourth-order valence-corrected chi connectivity index (χ4v) is 4.13. The van der Waals surface area contributed by atoms with Gasteiger partial charge in [0.15, 0.2) is 0 Å². The Kier molecular flexibility index (Phi) is 4.37. The van der Waals surface area contributed by atoms with Gasteiger partial charge in [0, 0.05) is 37.7 Å². The zero-order chi connectivity index (χ0) is 17.4. The zero-order valence-corrected chi connectivity index (χ0v) is 14.8. The van der Waals surface area contributed by atoms with Crippen molar-refractivity contribution in [2.45, 2.75) is 57.4 Å². The summed E-state index contributed by atoms with van der Waals surface area (Å²) >= 11 is 0. The molecule has 3 N–H and O–H groups in total. The number of nitrogens with zero attached hydrogens (tertiary/aromatic N) is 2. The predicted octanol–water partition coefficient (Wildman–Crippen LogP) is 2.08. The van der Waals surface area contributed by atoms with E-state index in [0.717, 1.165) is 30.1 Å². The van der Waals surface area contributed by atoms with Crippen LogP contribution >= 0.6 is 0 Å². The number of nitrogens with two attached hydrogens (primary N) is 1. The number of hydrogen-bond acceptors (Lipinski definition) is 4. The molecule has 1 aliphatic heterocycles. The van der Waals surface area contributed by atoms with E-state index in [1.807, 2.05) is 24.0 Å². The smallest absolute Gasteiger partial charge is 0.223 e. The second-order valence-corrected chi connectivity index (χ2v) is 7.35. The largest absolute Gasteiger partial charge is 0.466 e. The number of furan rings is 1. The molecule has 6 nitrogen and oxygen atoms in total. The average Bonchev–Trinajstić information content (AvgIpc) is 3.31. The Morgan fingerprint density at radius 3 is 3.00 bits per heavy atom. The van der Waals surface area contributed by atoms with Crippen molar-refractivity contribution in [1.29, 1.82) is 0 Å². The van der Waals surface area contributed by atoms with Gasteiger partial charge < -0.3 is 15.1 Å². The van der Waals surface area contributed by atoms with Gasteiger partial charge in [0.2, 0.25) is 5.91 Å². The van der Waals surface area contributed by atoms with Crippen LogP contribution in [0.1, 0.15) is 53.7 Å². The first-order chi connectivity index (χ1) is 12.1. The normalized spacial score (nSPS) is 23.0. The number of aromatic amines is 1. The van der Waals surface area contributed by atoms with Gasteiger partial charge in [0.25, 0.3) is 0 Å². The lowest BCUT2D eigenvalue weighted by molar-refractivity contribution is -0.130. The number of H-pyrrole nitrogens is 1. The summed E-state index contributed by atoms with van der Waals surface area (Å²) in [6.07, 6.45) is 5.83. The van der Waals surface area contributed by atoms with E-state index < -0.39 is 0 Å². The highest BCUT2D eigenvalue weighted by atomic mass is 16.3. The van der Waals surface area contributed by atoms with Crippen molar-refractivity contribution in [2.75, 3.05) is 13.1 Å². The van der Waals surface area contributed by atoms with E-state index >= 15 is 0 Å². The van der Waals surface area contributed by atoms with Gasteiger partial charge in [-0.05, 0) is 50.3 Å². The monoisotopic (exact) mass is 342 g/mol. The van der Waals surface area contributed by atoms with Gasteiger partial charge in [-0.3, -0.25) is 9.89 Å². The number of likely N-dealkylation sites (tertiary alicyclic amines) is 1. The lowest BCUT2D eigenvalue weighted by atomic mass is 9.94. The summed E-state index contributed by atoms with van der Waals surface area (Å²) in [6.45, 7) is 3.17. The van der Waals surface area contributed by atoms with Crippen molar-refractivity contribution in [3.05, 3.63) is 40.6 Å². The Bertz CT molecular complexity index is 763. The molecule has 6 heteroatoms. The molecule has 1 fully saturated rings. The van der Waals surface area contributed by atoms with Gasteiger partial charge in [0.05, 0.1) is 11.6 Å². The van der Waals surface area contributed by atoms with E-state index in [-0.39, 0.29) is 17.9 Å². The average molecular weight is 342 g/mol. The Balaban J connectivity index is 1.36. The van der Waals surface area contributed by atoms with Gasteiger partial charge >= 0.3 is 0 Å². The minimum atomic E-state index is -0.0624. The topological polar surface area (TPSA) is 88.2 Å². The Morgan fingerprint density at radius 1 is 1.36 bits per heavy atom. The molecule has 1 aliphatic carbocycles. The molecule has 0 aromatic carbocycles. The van der Waals surface area contributed by atoms with Gasteiger partial charge in [-0.2, -0.15) is 5.10 Å². The van der Waals surface area contributed by atoms with E-state index in [2.05, 4.69) is 10.2 Å². The molecule has 4 rings (SSSR count). The predicted molar refractivity (Wildman–Crippen MR) is 94.3 cm³/mol. The van der Waals surface area contributed by atoms with E-state index in [4.69, 9.17) is 10.2 Å². The molecule has 2 aromatic heterocycles. The molecule has 0 unspecified atom stereocenters. The van der Waals surface area contributed by atoms with Crippen LogP contribution in [0.15, 0.2) is 16.5 Å². The molecule has 2 aromatic rings. The number of rotatable bonds is 4. The van der Waals surface area contributed by atoms with Crippen LogP contribution in [0.3, 0.4) is 0 Å². The highest BCUT2D eigenvalue weighted by Crippen LogP contribution is 2.29. The third-order valence-corrected chi connectivity index (χ3v) is 5.56. The molecular weight excluding hydrogens is 316 g/mol. The van der Waals surface area contributed by atoms with Crippen LogP contribution in [0.5, 0.6) is 0 Å². The van der Waals surface area contributed by atoms with Crippen LogP contribution in [0.25, 0.3) is 0 Å². The van der Waals surface area contributed by atoms with Crippen molar-refractivity contribution >= 4 is 5.91 Å². The first-order valence-electron chi connectivity index (χ1n) is 9.26. The Morgan fingerprint density at radius 2 is 2.20 bits per heavy atom. The number of hydrogen-bond donors (Lipinski definition) is 2. The maximum absolute atomic E-state index is 12.6. The first-order valence-corrected chi connectivity index (χ1v) is 9.26. The number of fused-ring (bicyclic) bond motifs is 1. The van der Waals surface area contributed by atoms with E-state index in [1.165, 1.54) is 24.1 Å². The summed E-state index contributed by atoms with van der Waals surface area (Å²) in [5.74, 6) is 2.03. The first kappa shape index (κ1) is 16.4. The van der Waals surface area contributed by atoms with Crippen LogP contribution in [0, 0.1) is 6.92 Å². The molecule has 1 saturated heterocycles. The van der Waals surface area contributed by atoms with Crippen LogP contribution in [0.4, 0.5) is 0 Å². The molecule has 0 radical (unpaired) electrons. The van der Waals surface area contributed by atoms with Gasteiger partial charge in [-0.1, -0.05) is 0 Å². The van der Waals surface area contributed by atoms with Gasteiger partial charge in [0.1, 0.15) is 11.5 Å². The molecule has 25 heavy (non-hydrogen) atoms. The van der Waals surface area contributed by atoms with Crippen molar-refractivity contribution in [1.82, 2.24) is 15.1 Å². The third-order valence-electron chi connectivity index (χ3n) is 5.56. The molecule has 0 bridgehead atoms. The molecule has 134 valence electrons. The number of amides is 1. The number of carbonyl (C=O) groups is 1. The molecule has 0 spiro atoms. The summed E-state index contributed by atoms with van der Waals surface area (Å²) in [6, 6.07) is 3.87. The van der Waals surface area contributed by atoms with E-state index in [1.54, 1.807) is 0 Å². The molecule has 2 aliphatic rings. The van der Waals surface area contributed by atoms with E-state index in [9.17, 15) is 4.79 Å². The lowest BCUT2D eigenvalue weighted by Gasteiger charge is -2.16. The maximum Gasteiger partial charge on any atom is 0.223 e. The summed E-state index contributed by atoms with van der Waals surface area (Å²) < 4.78 is 5.71. The molecule has 3 heterocycles. The molecule has 2 atom stereocenters. The van der Waals surface area contributed by atoms with Crippen LogP contribution in [-0.2, 0) is 24.1 Å². The van der Waals surface area contributed by atoms with Crippen molar-refractivity contribution in [2.24, 2.45) is 5.73 Å². The Labute approximate surface area is 147 Å².